The van der Waals surface area contributed by atoms with E-state index in [1.54, 1.807) is 44.4 Å². The lowest BCUT2D eigenvalue weighted by molar-refractivity contribution is -0.160. The first kappa shape index (κ1) is 25.6. The summed E-state index contributed by atoms with van der Waals surface area (Å²) in [6.45, 7) is 3.18. The molecular weight excluding hydrogens is 512 g/mol. The molecule has 0 saturated heterocycles. The quantitative estimate of drug-likeness (QED) is 0.386. The van der Waals surface area contributed by atoms with Crippen LogP contribution in [0.2, 0.25) is 5.15 Å². The van der Waals surface area contributed by atoms with Crippen molar-refractivity contribution in [2.24, 2.45) is 18.4 Å². The zero-order valence-corrected chi connectivity index (χ0v) is 21.8. The highest BCUT2D eigenvalue weighted by Gasteiger charge is 2.64. The fourth-order valence-electron chi connectivity index (χ4n) is 5.25. The maximum absolute atomic E-state index is 13.0. The Labute approximate surface area is 223 Å². The Kier molecular flexibility index (Phi) is 6.74. The summed E-state index contributed by atoms with van der Waals surface area (Å²) in [5.74, 6) is 0.327. The number of halogens is 1. The van der Waals surface area contributed by atoms with Crippen LogP contribution in [-0.4, -0.2) is 48.9 Å². The van der Waals surface area contributed by atoms with E-state index in [0.717, 1.165) is 12.8 Å². The second kappa shape index (κ2) is 10.0. The molecule has 2 aliphatic carbocycles. The van der Waals surface area contributed by atoms with Crippen LogP contribution in [0.5, 0.6) is 0 Å². The molecule has 5 rings (SSSR count). The first-order valence-electron chi connectivity index (χ1n) is 12.2. The molecule has 0 radical (unpaired) electrons. The fraction of sp³-hybridized carbons (Fsp3) is 0.400. The van der Waals surface area contributed by atoms with Crippen molar-refractivity contribution in [1.29, 1.82) is 0 Å². The number of aryl methyl sites for hydroxylation is 1. The molecule has 0 bridgehead atoms. The molecule has 0 aromatic carbocycles. The molecule has 0 aliphatic heterocycles. The lowest BCUT2D eigenvalue weighted by Crippen LogP contribution is -2.68. The number of ether oxygens (including phenoxy) is 1. The van der Waals surface area contributed by atoms with Crippen molar-refractivity contribution in [2.45, 2.75) is 45.3 Å². The van der Waals surface area contributed by atoms with E-state index < -0.39 is 17.6 Å². The molecule has 13 heteroatoms. The van der Waals surface area contributed by atoms with Gasteiger partial charge in [-0.15, -0.1) is 5.10 Å². The standard InChI is InChI=1S/C25H27ClN8O4/c1-13(16-5-4-10-27-21(16)26)38-24(37)31-22-20(32-33-34(22)3)18-7-6-15(12-28-18)30-23(36)25-9-8-17(25)19(11-25)29-14(2)35/h4-7,10,12-13,17,19H,8-9,11H2,1-3H3,(H,29,35)(H,30,36)(H,31,37)/t13-,17?,19?,25?/m1/s1. The van der Waals surface area contributed by atoms with Crippen LogP contribution in [0.1, 0.15) is 44.8 Å². The summed E-state index contributed by atoms with van der Waals surface area (Å²) in [5.41, 5.74) is 1.48. The van der Waals surface area contributed by atoms with E-state index >= 15 is 0 Å². The molecule has 3 amide bonds. The summed E-state index contributed by atoms with van der Waals surface area (Å²) in [5, 5.41) is 16.9. The zero-order chi connectivity index (χ0) is 27.0. The van der Waals surface area contributed by atoms with Gasteiger partial charge in [0, 0.05) is 31.8 Å². The van der Waals surface area contributed by atoms with Crippen LogP contribution in [0.25, 0.3) is 11.4 Å². The van der Waals surface area contributed by atoms with Crippen molar-refractivity contribution < 1.29 is 19.1 Å². The van der Waals surface area contributed by atoms with Gasteiger partial charge in [0.25, 0.3) is 0 Å². The van der Waals surface area contributed by atoms with E-state index in [4.69, 9.17) is 16.3 Å². The number of fused-ring (bicyclic) bond motifs is 1. The number of aromatic nitrogens is 5. The minimum Gasteiger partial charge on any atom is -0.441 e. The highest BCUT2D eigenvalue weighted by atomic mass is 35.5. The zero-order valence-electron chi connectivity index (χ0n) is 21.1. The maximum atomic E-state index is 13.0. The first-order chi connectivity index (χ1) is 18.2. The molecule has 198 valence electrons. The van der Waals surface area contributed by atoms with Crippen molar-refractivity contribution in [2.75, 3.05) is 10.6 Å². The summed E-state index contributed by atoms with van der Waals surface area (Å²) in [6.07, 6.45) is 4.10. The van der Waals surface area contributed by atoms with Gasteiger partial charge in [0.05, 0.1) is 23.0 Å². The fourth-order valence-corrected chi connectivity index (χ4v) is 5.52. The van der Waals surface area contributed by atoms with E-state index in [9.17, 15) is 14.4 Å². The van der Waals surface area contributed by atoms with Gasteiger partial charge in [0.2, 0.25) is 11.8 Å². The average molecular weight is 539 g/mol. The molecule has 3 aromatic rings. The van der Waals surface area contributed by atoms with Crippen LogP contribution in [0.15, 0.2) is 36.7 Å². The van der Waals surface area contributed by atoms with Gasteiger partial charge >= 0.3 is 6.09 Å². The number of hydrogen-bond donors (Lipinski definition) is 3. The van der Waals surface area contributed by atoms with Crippen LogP contribution in [-0.2, 0) is 21.4 Å². The van der Waals surface area contributed by atoms with Gasteiger partial charge in [-0.1, -0.05) is 22.9 Å². The molecule has 3 heterocycles. The predicted octanol–water partition coefficient (Wildman–Crippen LogP) is 3.48. The third kappa shape index (κ3) is 4.67. The van der Waals surface area contributed by atoms with Gasteiger partial charge in [-0.05, 0) is 50.3 Å². The average Bonchev–Trinajstić information content (AvgIpc) is 3.21. The summed E-state index contributed by atoms with van der Waals surface area (Å²) in [4.78, 5) is 45.4. The predicted molar refractivity (Wildman–Crippen MR) is 138 cm³/mol. The number of carbonyl (C=O) groups excluding carboxylic acids is 3. The van der Waals surface area contributed by atoms with E-state index in [2.05, 4.69) is 36.2 Å². The minimum atomic E-state index is -0.722. The second-order valence-electron chi connectivity index (χ2n) is 9.66. The van der Waals surface area contributed by atoms with Crippen LogP contribution in [0, 0.1) is 11.3 Å². The Balaban J connectivity index is 1.23. The topological polar surface area (TPSA) is 153 Å². The summed E-state index contributed by atoms with van der Waals surface area (Å²) >= 11 is 6.09. The number of hydrogen-bond acceptors (Lipinski definition) is 8. The van der Waals surface area contributed by atoms with Crippen LogP contribution in [0.4, 0.5) is 16.3 Å². The maximum Gasteiger partial charge on any atom is 0.413 e. The number of rotatable bonds is 7. The SMILES string of the molecule is CC(=O)NC1CC2(C(=O)Nc3ccc(-c4nnn(C)c4NC(=O)O[C@H](C)c4cccnc4Cl)nc3)CCC12. The van der Waals surface area contributed by atoms with Crippen molar-refractivity contribution in [3.8, 4) is 11.4 Å². The molecule has 0 spiro atoms. The molecule has 3 aromatic heterocycles. The van der Waals surface area contributed by atoms with Crippen LogP contribution >= 0.6 is 11.6 Å². The number of amides is 3. The molecule has 2 aliphatic rings. The smallest absolute Gasteiger partial charge is 0.413 e. The van der Waals surface area contributed by atoms with Gasteiger partial charge in [0.1, 0.15) is 11.3 Å². The van der Waals surface area contributed by atoms with Gasteiger partial charge in [-0.25, -0.2) is 14.5 Å². The summed E-state index contributed by atoms with van der Waals surface area (Å²) in [7, 11) is 1.63. The third-order valence-electron chi connectivity index (χ3n) is 7.34. The summed E-state index contributed by atoms with van der Waals surface area (Å²) < 4.78 is 6.85. The number of nitrogens with zero attached hydrogens (tertiary/aromatic N) is 5. The van der Waals surface area contributed by atoms with Crippen LogP contribution in [0.3, 0.4) is 0 Å². The highest BCUT2D eigenvalue weighted by Crippen LogP contribution is 2.61. The molecule has 3 unspecified atom stereocenters. The number of carbonyl (C=O) groups is 3. The Morgan fingerprint density at radius 1 is 1.21 bits per heavy atom. The van der Waals surface area contributed by atoms with E-state index in [0.29, 0.717) is 34.9 Å². The third-order valence-corrected chi connectivity index (χ3v) is 7.66. The van der Waals surface area contributed by atoms with E-state index in [1.807, 2.05) is 0 Å². The van der Waals surface area contributed by atoms with Gasteiger partial charge < -0.3 is 15.4 Å². The lowest BCUT2D eigenvalue weighted by Gasteiger charge is -2.61. The largest absolute Gasteiger partial charge is 0.441 e. The molecule has 4 atom stereocenters. The molecular formula is C25H27ClN8O4. The second-order valence-corrected chi connectivity index (χ2v) is 10.0. The number of anilines is 2. The molecule has 2 fully saturated rings. The molecule has 2 saturated carbocycles. The Morgan fingerprint density at radius 3 is 2.66 bits per heavy atom. The highest BCUT2D eigenvalue weighted by molar-refractivity contribution is 6.30. The van der Waals surface area contributed by atoms with Crippen molar-refractivity contribution in [3.63, 3.8) is 0 Å². The van der Waals surface area contributed by atoms with Crippen molar-refractivity contribution in [3.05, 3.63) is 47.4 Å². The lowest BCUT2D eigenvalue weighted by atomic mass is 9.44. The van der Waals surface area contributed by atoms with E-state index in [1.165, 1.54) is 17.8 Å². The number of nitrogens with one attached hydrogen (secondary N) is 3. The molecule has 12 nitrogen and oxygen atoms in total. The number of pyridine rings is 2. The van der Waals surface area contributed by atoms with E-state index in [-0.39, 0.29) is 28.9 Å². The molecule has 3 N–H and O–H groups in total. The van der Waals surface area contributed by atoms with Crippen molar-refractivity contribution >= 4 is 41.0 Å². The van der Waals surface area contributed by atoms with Gasteiger partial charge in [-0.2, -0.15) is 0 Å². The van der Waals surface area contributed by atoms with Crippen molar-refractivity contribution in [1.82, 2.24) is 30.3 Å². The Hall–Kier alpha value is -4.06. The van der Waals surface area contributed by atoms with Gasteiger partial charge in [0.15, 0.2) is 11.5 Å². The first-order valence-corrected chi connectivity index (χ1v) is 12.6. The normalized spacial score (nSPS) is 22.2. The minimum absolute atomic E-state index is 0.0580. The molecule has 38 heavy (non-hydrogen) atoms. The van der Waals surface area contributed by atoms with Gasteiger partial charge in [-0.3, -0.25) is 19.9 Å². The summed E-state index contributed by atoms with van der Waals surface area (Å²) in [6, 6.07) is 6.90. The Bertz CT molecular complexity index is 1390. The van der Waals surface area contributed by atoms with Crippen LogP contribution < -0.4 is 16.0 Å². The monoisotopic (exact) mass is 538 g/mol. The Morgan fingerprint density at radius 2 is 2.03 bits per heavy atom.